The Hall–Kier alpha value is -0.410. The standard InChI is InChI=1S/C9H11BrN2/c1-6-4-7(10)9(12-5-6)8-2-3-11-8/h4-5,8,11H,2-3H2,1H3. The van der Waals surface area contributed by atoms with Gasteiger partial charge in [0, 0.05) is 10.7 Å². The quantitative estimate of drug-likeness (QED) is 0.795. The monoisotopic (exact) mass is 226 g/mol. The average molecular weight is 227 g/mol. The molecule has 0 bridgehead atoms. The molecule has 1 atom stereocenters. The summed E-state index contributed by atoms with van der Waals surface area (Å²) in [5.74, 6) is 0. The highest BCUT2D eigenvalue weighted by atomic mass is 79.9. The number of aromatic nitrogens is 1. The molecule has 64 valence electrons. The van der Waals surface area contributed by atoms with Crippen molar-refractivity contribution in [3.8, 4) is 0 Å². The number of halogens is 1. The lowest BCUT2D eigenvalue weighted by molar-refractivity contribution is 0.374. The fourth-order valence-electron chi connectivity index (χ4n) is 1.32. The molecule has 3 heteroatoms. The van der Waals surface area contributed by atoms with E-state index in [1.165, 1.54) is 12.0 Å². The van der Waals surface area contributed by atoms with Crippen LogP contribution in [0.25, 0.3) is 0 Å². The minimum Gasteiger partial charge on any atom is -0.308 e. The third-order valence-corrected chi connectivity index (χ3v) is 2.80. The van der Waals surface area contributed by atoms with Gasteiger partial charge in [-0.25, -0.2) is 0 Å². The first-order chi connectivity index (χ1) is 5.77. The maximum Gasteiger partial charge on any atom is 0.0715 e. The van der Waals surface area contributed by atoms with Crippen LogP contribution in [0.4, 0.5) is 0 Å². The first-order valence-electron chi connectivity index (χ1n) is 4.13. The summed E-state index contributed by atoms with van der Waals surface area (Å²) in [5, 5.41) is 3.33. The summed E-state index contributed by atoms with van der Waals surface area (Å²) in [6.07, 6.45) is 3.12. The first kappa shape index (κ1) is 8.20. The summed E-state index contributed by atoms with van der Waals surface area (Å²) in [5.41, 5.74) is 2.34. The summed E-state index contributed by atoms with van der Waals surface area (Å²) < 4.78 is 1.12. The van der Waals surface area contributed by atoms with Crippen molar-refractivity contribution < 1.29 is 0 Å². The van der Waals surface area contributed by atoms with Gasteiger partial charge in [-0.05, 0) is 47.4 Å². The van der Waals surface area contributed by atoms with Gasteiger partial charge in [-0.1, -0.05) is 0 Å². The van der Waals surface area contributed by atoms with Gasteiger partial charge in [0.25, 0.3) is 0 Å². The third kappa shape index (κ3) is 1.39. The highest BCUT2D eigenvalue weighted by molar-refractivity contribution is 9.10. The van der Waals surface area contributed by atoms with Crippen molar-refractivity contribution >= 4 is 15.9 Å². The van der Waals surface area contributed by atoms with Crippen molar-refractivity contribution in [3.63, 3.8) is 0 Å². The van der Waals surface area contributed by atoms with Crippen LogP contribution in [-0.4, -0.2) is 11.5 Å². The molecule has 2 nitrogen and oxygen atoms in total. The smallest absolute Gasteiger partial charge is 0.0715 e. The van der Waals surface area contributed by atoms with Crippen molar-refractivity contribution in [1.29, 1.82) is 0 Å². The molecule has 1 aliphatic rings. The molecule has 1 fully saturated rings. The predicted molar refractivity (Wildman–Crippen MR) is 52.0 cm³/mol. The average Bonchev–Trinajstić information content (AvgIpc) is 1.91. The molecule has 1 unspecified atom stereocenters. The zero-order valence-corrected chi connectivity index (χ0v) is 8.56. The van der Waals surface area contributed by atoms with Gasteiger partial charge in [0.2, 0.25) is 0 Å². The predicted octanol–water partition coefficient (Wildman–Crippen LogP) is 2.19. The van der Waals surface area contributed by atoms with Crippen molar-refractivity contribution in [2.24, 2.45) is 0 Å². The molecular formula is C9H11BrN2. The summed E-state index contributed by atoms with van der Waals surface area (Å²) in [7, 11) is 0. The van der Waals surface area contributed by atoms with E-state index >= 15 is 0 Å². The van der Waals surface area contributed by atoms with Crippen LogP contribution in [0.1, 0.15) is 23.7 Å². The Morgan fingerprint density at radius 2 is 2.42 bits per heavy atom. The number of hydrogen-bond acceptors (Lipinski definition) is 2. The van der Waals surface area contributed by atoms with E-state index in [1.54, 1.807) is 0 Å². The summed E-state index contributed by atoms with van der Waals surface area (Å²) in [6, 6.07) is 2.59. The molecule has 0 saturated carbocycles. The van der Waals surface area contributed by atoms with Crippen molar-refractivity contribution in [3.05, 3.63) is 28.0 Å². The van der Waals surface area contributed by atoms with E-state index in [4.69, 9.17) is 0 Å². The third-order valence-electron chi connectivity index (χ3n) is 2.16. The Morgan fingerprint density at radius 3 is 2.92 bits per heavy atom. The van der Waals surface area contributed by atoms with E-state index < -0.39 is 0 Å². The molecule has 1 aromatic rings. The lowest BCUT2D eigenvalue weighted by Gasteiger charge is -2.27. The molecule has 0 spiro atoms. The molecule has 2 heterocycles. The SMILES string of the molecule is Cc1cnc(C2CCN2)c(Br)c1. The van der Waals surface area contributed by atoms with Gasteiger partial charge in [0.05, 0.1) is 11.7 Å². The summed E-state index contributed by atoms with van der Waals surface area (Å²) >= 11 is 3.52. The van der Waals surface area contributed by atoms with Crippen LogP contribution in [0.15, 0.2) is 16.7 Å². The van der Waals surface area contributed by atoms with Gasteiger partial charge in [-0.2, -0.15) is 0 Å². The number of rotatable bonds is 1. The lowest BCUT2D eigenvalue weighted by Crippen LogP contribution is -2.35. The van der Waals surface area contributed by atoms with E-state index in [2.05, 4.69) is 39.2 Å². The zero-order chi connectivity index (χ0) is 8.55. The molecule has 2 rings (SSSR count). The van der Waals surface area contributed by atoms with Gasteiger partial charge in [-0.15, -0.1) is 0 Å². The number of nitrogens with zero attached hydrogens (tertiary/aromatic N) is 1. The van der Waals surface area contributed by atoms with Crippen LogP contribution < -0.4 is 5.32 Å². The number of hydrogen-bond donors (Lipinski definition) is 1. The molecule has 0 aliphatic carbocycles. The molecule has 1 saturated heterocycles. The molecule has 1 aromatic heterocycles. The first-order valence-corrected chi connectivity index (χ1v) is 4.92. The zero-order valence-electron chi connectivity index (χ0n) is 6.97. The normalized spacial score (nSPS) is 22.0. The largest absolute Gasteiger partial charge is 0.308 e. The van der Waals surface area contributed by atoms with Gasteiger partial charge in [-0.3, -0.25) is 4.98 Å². The van der Waals surface area contributed by atoms with Crippen molar-refractivity contribution in [1.82, 2.24) is 10.3 Å². The van der Waals surface area contributed by atoms with Gasteiger partial charge in [0.1, 0.15) is 0 Å². The summed E-state index contributed by atoms with van der Waals surface area (Å²) in [4.78, 5) is 4.39. The van der Waals surface area contributed by atoms with E-state index in [9.17, 15) is 0 Å². The molecule has 1 aliphatic heterocycles. The molecule has 0 aromatic carbocycles. The van der Waals surface area contributed by atoms with Crippen LogP contribution in [-0.2, 0) is 0 Å². The van der Waals surface area contributed by atoms with E-state index in [0.717, 1.165) is 16.7 Å². The van der Waals surface area contributed by atoms with Gasteiger partial charge in [0.15, 0.2) is 0 Å². The second-order valence-corrected chi connectivity index (χ2v) is 4.03. The maximum atomic E-state index is 4.39. The fraction of sp³-hybridized carbons (Fsp3) is 0.444. The molecule has 0 radical (unpaired) electrons. The topological polar surface area (TPSA) is 24.9 Å². The van der Waals surface area contributed by atoms with Crippen molar-refractivity contribution in [2.45, 2.75) is 19.4 Å². The van der Waals surface area contributed by atoms with Gasteiger partial charge >= 0.3 is 0 Å². The van der Waals surface area contributed by atoms with E-state index in [-0.39, 0.29) is 0 Å². The number of aryl methyl sites for hydroxylation is 1. The maximum absolute atomic E-state index is 4.39. The minimum absolute atomic E-state index is 0.472. The molecule has 1 N–H and O–H groups in total. The highest BCUT2D eigenvalue weighted by Gasteiger charge is 2.21. The van der Waals surface area contributed by atoms with Crippen LogP contribution >= 0.6 is 15.9 Å². The Balaban J connectivity index is 2.31. The Bertz CT molecular complexity index is 295. The lowest BCUT2D eigenvalue weighted by atomic mass is 10.0. The molecule has 12 heavy (non-hydrogen) atoms. The van der Waals surface area contributed by atoms with Crippen LogP contribution in [0.3, 0.4) is 0 Å². The Labute approximate surface area is 80.5 Å². The highest BCUT2D eigenvalue weighted by Crippen LogP contribution is 2.27. The number of pyridine rings is 1. The van der Waals surface area contributed by atoms with Crippen LogP contribution in [0.5, 0.6) is 0 Å². The van der Waals surface area contributed by atoms with Gasteiger partial charge < -0.3 is 5.32 Å². The summed E-state index contributed by atoms with van der Waals surface area (Å²) in [6.45, 7) is 3.17. The second-order valence-electron chi connectivity index (χ2n) is 3.18. The fourth-order valence-corrected chi connectivity index (χ4v) is 2.06. The Morgan fingerprint density at radius 1 is 1.67 bits per heavy atom. The van der Waals surface area contributed by atoms with E-state index in [1.807, 2.05) is 6.20 Å². The second kappa shape index (κ2) is 3.15. The molecular weight excluding hydrogens is 216 g/mol. The van der Waals surface area contributed by atoms with Crippen molar-refractivity contribution in [2.75, 3.05) is 6.54 Å². The Kier molecular flexibility index (Phi) is 2.15. The van der Waals surface area contributed by atoms with Crippen LogP contribution in [0.2, 0.25) is 0 Å². The molecule has 0 amide bonds. The van der Waals surface area contributed by atoms with Crippen LogP contribution in [0, 0.1) is 6.92 Å². The minimum atomic E-state index is 0.472. The van der Waals surface area contributed by atoms with E-state index in [0.29, 0.717) is 6.04 Å². The number of nitrogens with one attached hydrogen (secondary N) is 1.